The molecule has 36 heavy (non-hydrogen) atoms. The molecule has 2 aromatic rings. The van der Waals surface area contributed by atoms with Gasteiger partial charge < -0.3 is 29.3 Å². The largest absolute Gasteiger partial charge is 0.496 e. The lowest BCUT2D eigenvalue weighted by Gasteiger charge is -2.35. The fourth-order valence-corrected chi connectivity index (χ4v) is 4.32. The summed E-state index contributed by atoms with van der Waals surface area (Å²) in [6.07, 6.45) is -0.254. The van der Waals surface area contributed by atoms with Crippen molar-refractivity contribution in [3.63, 3.8) is 0 Å². The van der Waals surface area contributed by atoms with Crippen LogP contribution in [-0.2, 0) is 9.53 Å². The quantitative estimate of drug-likeness (QED) is 0.696. The van der Waals surface area contributed by atoms with E-state index in [0.717, 1.165) is 0 Å². The molecule has 0 radical (unpaired) electrons. The fraction of sp³-hybridized carbons (Fsp3) is 0.444. The highest BCUT2D eigenvalue weighted by molar-refractivity contribution is 6.06. The first kappa shape index (κ1) is 27.0. The van der Waals surface area contributed by atoms with Gasteiger partial charge in [0.25, 0.3) is 11.8 Å². The van der Waals surface area contributed by atoms with E-state index in [1.54, 1.807) is 66.4 Å². The summed E-state index contributed by atoms with van der Waals surface area (Å²) >= 11 is 0. The lowest BCUT2D eigenvalue weighted by Crippen LogP contribution is -2.48. The standard InChI is InChI=1S/C27H35N3O6/c1-17-14-30(19(3)31)18(2)16-36-24-13-20(28-26(32)21-9-7-8-10-23(21)34-5)11-12-22(24)27(33)29(4)15-25(17)35-6/h7-13,17-18,25H,14-16H2,1-6H3,(H,28,32)/t17-,18-,25+/m0/s1. The second-order valence-corrected chi connectivity index (χ2v) is 9.13. The fourth-order valence-electron chi connectivity index (χ4n) is 4.32. The molecule has 0 spiro atoms. The maximum absolute atomic E-state index is 13.3. The molecule has 0 fully saturated rings. The van der Waals surface area contributed by atoms with Crippen LogP contribution >= 0.6 is 0 Å². The van der Waals surface area contributed by atoms with Gasteiger partial charge in [-0.1, -0.05) is 19.1 Å². The number of carbonyl (C=O) groups excluding carboxylic acids is 3. The van der Waals surface area contributed by atoms with E-state index in [1.165, 1.54) is 14.0 Å². The summed E-state index contributed by atoms with van der Waals surface area (Å²) in [4.78, 5) is 42.0. The van der Waals surface area contributed by atoms with Crippen molar-refractivity contribution in [3.8, 4) is 11.5 Å². The number of carbonyl (C=O) groups is 3. The first-order valence-electron chi connectivity index (χ1n) is 11.9. The summed E-state index contributed by atoms with van der Waals surface area (Å²) in [6.45, 7) is 6.45. The minimum atomic E-state index is -0.350. The summed E-state index contributed by atoms with van der Waals surface area (Å²) in [7, 11) is 4.82. The Balaban J connectivity index is 1.95. The van der Waals surface area contributed by atoms with E-state index in [0.29, 0.717) is 41.4 Å². The summed E-state index contributed by atoms with van der Waals surface area (Å²) < 4.78 is 17.1. The number of nitrogens with one attached hydrogen (secondary N) is 1. The van der Waals surface area contributed by atoms with Crippen LogP contribution in [-0.4, -0.2) is 80.6 Å². The Labute approximate surface area is 212 Å². The molecule has 1 heterocycles. The summed E-state index contributed by atoms with van der Waals surface area (Å²) in [5.41, 5.74) is 1.21. The van der Waals surface area contributed by atoms with Crippen molar-refractivity contribution >= 4 is 23.4 Å². The molecule has 0 bridgehead atoms. The number of para-hydroxylation sites is 1. The lowest BCUT2D eigenvalue weighted by molar-refractivity contribution is -0.133. The zero-order chi connectivity index (χ0) is 26.4. The van der Waals surface area contributed by atoms with Crippen molar-refractivity contribution in [3.05, 3.63) is 53.6 Å². The van der Waals surface area contributed by atoms with Crippen molar-refractivity contribution in [1.82, 2.24) is 9.80 Å². The van der Waals surface area contributed by atoms with Crippen LogP contribution in [0.15, 0.2) is 42.5 Å². The highest BCUT2D eigenvalue weighted by Crippen LogP contribution is 2.28. The van der Waals surface area contributed by atoms with Gasteiger partial charge >= 0.3 is 0 Å². The molecule has 0 unspecified atom stereocenters. The highest BCUT2D eigenvalue weighted by atomic mass is 16.5. The molecule has 0 aliphatic carbocycles. The van der Waals surface area contributed by atoms with E-state index in [4.69, 9.17) is 14.2 Å². The average Bonchev–Trinajstić information content (AvgIpc) is 2.87. The molecule has 3 atom stereocenters. The third kappa shape index (κ3) is 6.15. The van der Waals surface area contributed by atoms with Crippen LogP contribution in [0.3, 0.4) is 0 Å². The lowest BCUT2D eigenvalue weighted by atomic mass is 10.0. The van der Waals surface area contributed by atoms with Gasteiger partial charge in [0, 0.05) is 51.8 Å². The van der Waals surface area contributed by atoms with Crippen LogP contribution < -0.4 is 14.8 Å². The Hall–Kier alpha value is -3.59. The molecular weight excluding hydrogens is 462 g/mol. The van der Waals surface area contributed by atoms with Gasteiger partial charge in [0.05, 0.1) is 30.4 Å². The Bertz CT molecular complexity index is 1100. The number of rotatable bonds is 4. The van der Waals surface area contributed by atoms with Crippen molar-refractivity contribution in [2.75, 3.05) is 46.3 Å². The van der Waals surface area contributed by atoms with E-state index in [9.17, 15) is 14.4 Å². The number of anilines is 1. The van der Waals surface area contributed by atoms with Crippen LogP contribution in [0.5, 0.6) is 11.5 Å². The summed E-state index contributed by atoms with van der Waals surface area (Å²) in [5.74, 6) is 0.142. The molecule has 0 aromatic heterocycles. The van der Waals surface area contributed by atoms with Gasteiger partial charge in [-0.2, -0.15) is 0 Å². The van der Waals surface area contributed by atoms with E-state index in [-0.39, 0.29) is 42.4 Å². The van der Waals surface area contributed by atoms with Crippen molar-refractivity contribution in [1.29, 1.82) is 0 Å². The zero-order valence-electron chi connectivity index (χ0n) is 21.7. The molecule has 3 amide bonds. The average molecular weight is 498 g/mol. The van der Waals surface area contributed by atoms with Gasteiger partial charge in [0.15, 0.2) is 0 Å². The molecule has 2 aromatic carbocycles. The van der Waals surface area contributed by atoms with Crippen LogP contribution in [0.2, 0.25) is 0 Å². The van der Waals surface area contributed by atoms with Crippen LogP contribution in [0.1, 0.15) is 41.5 Å². The normalized spacial score (nSPS) is 20.9. The first-order chi connectivity index (χ1) is 17.2. The minimum Gasteiger partial charge on any atom is -0.496 e. The molecular formula is C27H35N3O6. The maximum atomic E-state index is 13.3. The number of benzene rings is 2. The van der Waals surface area contributed by atoms with E-state index < -0.39 is 0 Å². The number of fused-ring (bicyclic) bond motifs is 1. The Kier molecular flexibility index (Phi) is 8.93. The third-order valence-electron chi connectivity index (χ3n) is 6.46. The van der Waals surface area contributed by atoms with E-state index in [2.05, 4.69) is 5.32 Å². The Morgan fingerprint density at radius 2 is 1.81 bits per heavy atom. The predicted molar refractivity (Wildman–Crippen MR) is 137 cm³/mol. The van der Waals surface area contributed by atoms with Gasteiger partial charge in [-0.05, 0) is 31.2 Å². The first-order valence-corrected chi connectivity index (χ1v) is 11.9. The van der Waals surface area contributed by atoms with Crippen LogP contribution in [0, 0.1) is 5.92 Å². The smallest absolute Gasteiger partial charge is 0.259 e. The minimum absolute atomic E-state index is 0.00284. The van der Waals surface area contributed by atoms with Crippen molar-refractivity contribution in [2.45, 2.75) is 32.9 Å². The van der Waals surface area contributed by atoms with Gasteiger partial charge in [0.2, 0.25) is 5.91 Å². The molecule has 1 N–H and O–H groups in total. The molecule has 194 valence electrons. The third-order valence-corrected chi connectivity index (χ3v) is 6.46. The molecule has 9 heteroatoms. The number of likely N-dealkylation sites (N-methyl/N-ethyl adjacent to an activating group) is 1. The number of hydrogen-bond donors (Lipinski definition) is 1. The monoisotopic (exact) mass is 497 g/mol. The zero-order valence-corrected chi connectivity index (χ0v) is 21.7. The van der Waals surface area contributed by atoms with Crippen LogP contribution in [0.25, 0.3) is 0 Å². The summed E-state index contributed by atoms with van der Waals surface area (Å²) in [5, 5.41) is 2.85. The highest BCUT2D eigenvalue weighted by Gasteiger charge is 2.29. The van der Waals surface area contributed by atoms with Crippen molar-refractivity contribution < 1.29 is 28.6 Å². The van der Waals surface area contributed by atoms with Crippen molar-refractivity contribution in [2.24, 2.45) is 5.92 Å². The Morgan fingerprint density at radius 1 is 1.08 bits per heavy atom. The number of ether oxygens (including phenoxy) is 3. The number of amides is 3. The van der Waals surface area contributed by atoms with E-state index >= 15 is 0 Å². The second kappa shape index (κ2) is 11.9. The van der Waals surface area contributed by atoms with Crippen LogP contribution in [0.4, 0.5) is 5.69 Å². The predicted octanol–water partition coefficient (Wildman–Crippen LogP) is 3.30. The van der Waals surface area contributed by atoms with Gasteiger partial charge in [0.1, 0.15) is 18.1 Å². The van der Waals surface area contributed by atoms with Gasteiger partial charge in [-0.15, -0.1) is 0 Å². The number of nitrogens with zero attached hydrogens (tertiary/aromatic N) is 2. The number of methoxy groups -OCH3 is 2. The molecule has 0 saturated carbocycles. The molecule has 9 nitrogen and oxygen atoms in total. The molecule has 1 aliphatic rings. The molecule has 0 saturated heterocycles. The topological polar surface area (TPSA) is 97.4 Å². The maximum Gasteiger partial charge on any atom is 0.259 e. The van der Waals surface area contributed by atoms with E-state index in [1.807, 2.05) is 13.8 Å². The number of hydrogen-bond acceptors (Lipinski definition) is 6. The molecule has 3 rings (SSSR count). The Morgan fingerprint density at radius 3 is 2.47 bits per heavy atom. The summed E-state index contributed by atoms with van der Waals surface area (Å²) in [6, 6.07) is 11.6. The van der Waals surface area contributed by atoms with Gasteiger partial charge in [-0.25, -0.2) is 0 Å². The SMILES string of the molecule is COc1ccccc1C(=O)Nc1ccc2c(c1)OC[C@H](C)N(C(C)=O)C[C@H](C)[C@H](OC)CN(C)C2=O. The van der Waals surface area contributed by atoms with Gasteiger partial charge in [-0.3, -0.25) is 14.4 Å². The molecule has 1 aliphatic heterocycles. The second-order valence-electron chi connectivity index (χ2n) is 9.13.